The molecule has 0 aromatic heterocycles. The number of rotatable bonds is 2. The molecule has 2 atom stereocenters. The topological polar surface area (TPSA) is 57.6 Å². The highest BCUT2D eigenvalue weighted by atomic mass is 16.4. The Morgan fingerprint density at radius 3 is 2.59 bits per heavy atom. The molecule has 1 saturated heterocycles. The lowest BCUT2D eigenvalue weighted by molar-refractivity contribution is -0.141. The quantitative estimate of drug-likeness (QED) is 0.743. The van der Waals surface area contributed by atoms with E-state index in [-0.39, 0.29) is 17.7 Å². The van der Waals surface area contributed by atoms with Crippen LogP contribution in [0.3, 0.4) is 0 Å². The van der Waals surface area contributed by atoms with Gasteiger partial charge in [0.1, 0.15) is 0 Å². The fraction of sp³-hybridized carbons (Fsp3) is 0.692. The molecule has 1 saturated carbocycles. The van der Waals surface area contributed by atoms with Gasteiger partial charge in [-0.1, -0.05) is 12.2 Å². The van der Waals surface area contributed by atoms with Gasteiger partial charge in [-0.2, -0.15) is 0 Å². The lowest BCUT2D eigenvalue weighted by atomic mass is 10.0. The molecule has 0 bridgehead atoms. The van der Waals surface area contributed by atoms with E-state index in [0.29, 0.717) is 19.4 Å². The summed E-state index contributed by atoms with van der Waals surface area (Å²) in [6.07, 6.45) is 3.86. The van der Waals surface area contributed by atoms with Crippen LogP contribution in [0.15, 0.2) is 12.2 Å². The van der Waals surface area contributed by atoms with E-state index >= 15 is 0 Å². The van der Waals surface area contributed by atoms with Gasteiger partial charge in [-0.05, 0) is 32.1 Å². The second-order valence-corrected chi connectivity index (χ2v) is 5.16. The summed E-state index contributed by atoms with van der Waals surface area (Å²) in [5, 5.41) is 8.93. The number of hydrogen-bond acceptors (Lipinski definition) is 2. The van der Waals surface area contributed by atoms with Gasteiger partial charge in [-0.15, -0.1) is 0 Å². The molecular formula is C13H19NO3. The van der Waals surface area contributed by atoms with E-state index in [0.717, 1.165) is 31.4 Å². The largest absolute Gasteiger partial charge is 0.481 e. The maximum Gasteiger partial charge on any atom is 0.306 e. The first-order valence-electron chi connectivity index (χ1n) is 6.26. The molecule has 2 aliphatic rings. The van der Waals surface area contributed by atoms with Crippen molar-refractivity contribution in [1.29, 1.82) is 0 Å². The van der Waals surface area contributed by atoms with Gasteiger partial charge in [0, 0.05) is 19.0 Å². The highest BCUT2D eigenvalue weighted by molar-refractivity contribution is 5.81. The van der Waals surface area contributed by atoms with Gasteiger partial charge in [0.15, 0.2) is 0 Å². The van der Waals surface area contributed by atoms with Crippen LogP contribution in [0.25, 0.3) is 0 Å². The Morgan fingerprint density at radius 1 is 1.29 bits per heavy atom. The van der Waals surface area contributed by atoms with E-state index in [1.807, 2.05) is 4.90 Å². The molecule has 2 rings (SSSR count). The van der Waals surface area contributed by atoms with Crippen LogP contribution < -0.4 is 0 Å². The Morgan fingerprint density at radius 2 is 2.00 bits per heavy atom. The summed E-state index contributed by atoms with van der Waals surface area (Å²) < 4.78 is 0. The first-order valence-corrected chi connectivity index (χ1v) is 6.26. The summed E-state index contributed by atoms with van der Waals surface area (Å²) in [5.74, 6) is -1.03. The van der Waals surface area contributed by atoms with Gasteiger partial charge >= 0.3 is 5.97 Å². The molecule has 0 unspecified atom stereocenters. The average molecular weight is 237 g/mol. The SMILES string of the molecule is C=C1CCCN(C(=O)[C@H]2CC[C@@H](C(=O)O)C2)C1. The maximum atomic E-state index is 12.2. The third-order valence-corrected chi connectivity index (χ3v) is 3.82. The number of amides is 1. The zero-order valence-corrected chi connectivity index (χ0v) is 10.0. The Kier molecular flexibility index (Phi) is 3.50. The van der Waals surface area contributed by atoms with Crippen molar-refractivity contribution in [1.82, 2.24) is 4.90 Å². The van der Waals surface area contributed by atoms with Crippen molar-refractivity contribution in [3.63, 3.8) is 0 Å². The molecule has 0 aromatic rings. The first kappa shape index (κ1) is 12.1. The van der Waals surface area contributed by atoms with Crippen LogP contribution in [0.1, 0.15) is 32.1 Å². The Bertz CT molecular complexity index is 351. The third-order valence-electron chi connectivity index (χ3n) is 3.82. The van der Waals surface area contributed by atoms with Crippen LogP contribution in [0.2, 0.25) is 0 Å². The molecule has 1 heterocycles. The molecular weight excluding hydrogens is 218 g/mol. The van der Waals surface area contributed by atoms with Gasteiger partial charge in [-0.25, -0.2) is 0 Å². The van der Waals surface area contributed by atoms with E-state index in [1.54, 1.807) is 0 Å². The molecule has 4 heteroatoms. The Hall–Kier alpha value is -1.32. The minimum atomic E-state index is -0.761. The van der Waals surface area contributed by atoms with Crippen LogP contribution in [-0.2, 0) is 9.59 Å². The summed E-state index contributed by atoms with van der Waals surface area (Å²) in [7, 11) is 0. The number of carbonyl (C=O) groups excluding carboxylic acids is 1. The van der Waals surface area contributed by atoms with Gasteiger partial charge in [0.25, 0.3) is 0 Å². The van der Waals surface area contributed by atoms with Crippen molar-refractivity contribution in [2.75, 3.05) is 13.1 Å². The van der Waals surface area contributed by atoms with Crippen LogP contribution in [-0.4, -0.2) is 35.0 Å². The number of carboxylic acid groups (broad SMARTS) is 1. The third kappa shape index (κ3) is 2.68. The van der Waals surface area contributed by atoms with E-state index in [2.05, 4.69) is 6.58 Å². The van der Waals surface area contributed by atoms with Crippen molar-refractivity contribution in [2.24, 2.45) is 11.8 Å². The van der Waals surface area contributed by atoms with Crippen LogP contribution in [0.4, 0.5) is 0 Å². The first-order chi connectivity index (χ1) is 8.08. The van der Waals surface area contributed by atoms with Crippen molar-refractivity contribution in [3.8, 4) is 0 Å². The lowest BCUT2D eigenvalue weighted by Gasteiger charge is -2.30. The number of carboxylic acids is 1. The Balaban J connectivity index is 1.92. The van der Waals surface area contributed by atoms with Gasteiger partial charge < -0.3 is 10.0 Å². The molecule has 1 amide bonds. The standard InChI is InChI=1S/C13H19NO3/c1-9-3-2-6-14(8-9)12(15)10-4-5-11(7-10)13(16)17/h10-11H,1-8H2,(H,16,17)/t10-,11+/m0/s1. The number of likely N-dealkylation sites (tertiary alicyclic amines) is 1. The molecule has 1 aliphatic heterocycles. The predicted octanol–water partition coefficient (Wildman–Crippen LogP) is 1.67. The second kappa shape index (κ2) is 4.90. The highest BCUT2D eigenvalue weighted by Crippen LogP contribution is 2.33. The minimum Gasteiger partial charge on any atom is -0.481 e. The zero-order chi connectivity index (χ0) is 12.4. The highest BCUT2D eigenvalue weighted by Gasteiger charge is 2.36. The molecule has 17 heavy (non-hydrogen) atoms. The molecule has 1 N–H and O–H groups in total. The fourth-order valence-corrected chi connectivity index (χ4v) is 2.82. The van der Waals surface area contributed by atoms with E-state index in [4.69, 9.17) is 5.11 Å². The average Bonchev–Trinajstić information content (AvgIpc) is 2.77. The van der Waals surface area contributed by atoms with Crippen molar-refractivity contribution >= 4 is 11.9 Å². The number of aliphatic carboxylic acids is 1. The van der Waals surface area contributed by atoms with Crippen molar-refractivity contribution < 1.29 is 14.7 Å². The summed E-state index contributed by atoms with van der Waals surface area (Å²) in [6, 6.07) is 0. The van der Waals surface area contributed by atoms with Crippen LogP contribution in [0, 0.1) is 11.8 Å². The molecule has 0 radical (unpaired) electrons. The summed E-state index contributed by atoms with van der Waals surface area (Å²) in [5.41, 5.74) is 1.11. The fourth-order valence-electron chi connectivity index (χ4n) is 2.82. The van der Waals surface area contributed by atoms with E-state index in [9.17, 15) is 9.59 Å². The van der Waals surface area contributed by atoms with Gasteiger partial charge in [0.2, 0.25) is 5.91 Å². The summed E-state index contributed by atoms with van der Waals surface area (Å²) in [6.45, 7) is 5.39. The molecule has 0 aromatic carbocycles. The smallest absolute Gasteiger partial charge is 0.306 e. The molecule has 2 fully saturated rings. The van der Waals surface area contributed by atoms with Crippen molar-refractivity contribution in [3.05, 3.63) is 12.2 Å². The summed E-state index contributed by atoms with van der Waals surface area (Å²) >= 11 is 0. The molecule has 4 nitrogen and oxygen atoms in total. The maximum absolute atomic E-state index is 12.2. The normalized spacial score (nSPS) is 29.4. The van der Waals surface area contributed by atoms with E-state index in [1.165, 1.54) is 0 Å². The second-order valence-electron chi connectivity index (χ2n) is 5.16. The minimum absolute atomic E-state index is 0.0815. The van der Waals surface area contributed by atoms with Crippen LogP contribution >= 0.6 is 0 Å². The predicted molar refractivity (Wildman–Crippen MR) is 63.4 cm³/mol. The number of piperidine rings is 1. The Labute approximate surface area is 101 Å². The molecule has 94 valence electrons. The van der Waals surface area contributed by atoms with Crippen LogP contribution in [0.5, 0.6) is 0 Å². The molecule has 0 spiro atoms. The van der Waals surface area contributed by atoms with Gasteiger partial charge in [0.05, 0.1) is 5.92 Å². The molecule has 1 aliphatic carbocycles. The summed E-state index contributed by atoms with van der Waals surface area (Å²) in [4.78, 5) is 24.9. The lowest BCUT2D eigenvalue weighted by Crippen LogP contribution is -2.39. The zero-order valence-electron chi connectivity index (χ0n) is 10.0. The monoisotopic (exact) mass is 237 g/mol. The van der Waals surface area contributed by atoms with E-state index < -0.39 is 5.97 Å². The van der Waals surface area contributed by atoms with Gasteiger partial charge in [-0.3, -0.25) is 9.59 Å². The number of hydrogen-bond donors (Lipinski definition) is 1. The number of nitrogens with zero attached hydrogens (tertiary/aromatic N) is 1. The van der Waals surface area contributed by atoms with Crippen molar-refractivity contribution in [2.45, 2.75) is 32.1 Å². The number of carbonyl (C=O) groups is 2.